The standard InChI is InChI=1S/C18H26N2O3S/c1-14-6-3-4-11-20(14)24(22,23)17-8-5-7-16(12-17)18(21)19(2)13-15-9-10-15/h5,7-8,12,14-15H,3-4,6,9-11,13H2,1-2H3. The van der Waals surface area contributed by atoms with Gasteiger partial charge in [0.05, 0.1) is 4.90 Å². The second-order valence-corrected chi connectivity index (χ2v) is 9.01. The van der Waals surface area contributed by atoms with Crippen molar-refractivity contribution in [3.05, 3.63) is 29.8 Å². The molecule has 1 amide bonds. The van der Waals surface area contributed by atoms with Gasteiger partial charge in [-0.25, -0.2) is 8.42 Å². The smallest absolute Gasteiger partial charge is 0.253 e. The van der Waals surface area contributed by atoms with E-state index in [9.17, 15) is 13.2 Å². The Hall–Kier alpha value is -1.40. The third-order valence-electron chi connectivity index (χ3n) is 5.01. The molecule has 1 atom stereocenters. The largest absolute Gasteiger partial charge is 0.341 e. The van der Waals surface area contributed by atoms with Gasteiger partial charge >= 0.3 is 0 Å². The van der Waals surface area contributed by atoms with Crippen LogP contribution in [0.15, 0.2) is 29.2 Å². The zero-order valence-corrected chi connectivity index (χ0v) is 15.3. The topological polar surface area (TPSA) is 57.7 Å². The summed E-state index contributed by atoms with van der Waals surface area (Å²) in [6.07, 6.45) is 5.21. The Morgan fingerprint density at radius 1 is 1.25 bits per heavy atom. The van der Waals surface area contributed by atoms with E-state index in [0.717, 1.165) is 25.8 Å². The quantitative estimate of drug-likeness (QED) is 0.820. The number of piperidine rings is 1. The Balaban J connectivity index is 1.82. The van der Waals surface area contributed by atoms with Crippen molar-refractivity contribution in [2.24, 2.45) is 5.92 Å². The molecule has 1 aromatic carbocycles. The fourth-order valence-electron chi connectivity index (χ4n) is 3.34. The lowest BCUT2D eigenvalue weighted by Gasteiger charge is -2.32. The fourth-order valence-corrected chi connectivity index (χ4v) is 5.09. The van der Waals surface area contributed by atoms with Crippen LogP contribution in [0, 0.1) is 5.92 Å². The molecule has 3 rings (SSSR count). The van der Waals surface area contributed by atoms with Crippen LogP contribution in [0.4, 0.5) is 0 Å². The summed E-state index contributed by atoms with van der Waals surface area (Å²) in [7, 11) is -1.75. The predicted octanol–water partition coefficient (Wildman–Crippen LogP) is 2.73. The average Bonchev–Trinajstić information content (AvgIpc) is 3.38. The van der Waals surface area contributed by atoms with Crippen molar-refractivity contribution >= 4 is 15.9 Å². The summed E-state index contributed by atoms with van der Waals surface area (Å²) in [6.45, 7) is 3.26. The molecule has 1 saturated heterocycles. The van der Waals surface area contributed by atoms with Gasteiger partial charge in [0.15, 0.2) is 0 Å². The number of rotatable bonds is 5. The third kappa shape index (κ3) is 3.64. The minimum Gasteiger partial charge on any atom is -0.341 e. The molecule has 24 heavy (non-hydrogen) atoms. The van der Waals surface area contributed by atoms with Gasteiger partial charge in [-0.05, 0) is 56.7 Å². The zero-order valence-electron chi connectivity index (χ0n) is 14.4. The molecule has 0 aromatic heterocycles. The maximum atomic E-state index is 12.9. The molecule has 1 aliphatic carbocycles. The highest BCUT2D eigenvalue weighted by atomic mass is 32.2. The van der Waals surface area contributed by atoms with Crippen LogP contribution in [0.25, 0.3) is 0 Å². The first kappa shape index (κ1) is 17.4. The van der Waals surface area contributed by atoms with Gasteiger partial charge in [0.1, 0.15) is 0 Å². The molecule has 132 valence electrons. The van der Waals surface area contributed by atoms with E-state index in [1.807, 2.05) is 6.92 Å². The van der Waals surface area contributed by atoms with Crippen LogP contribution in [-0.4, -0.2) is 49.7 Å². The number of hydrogen-bond acceptors (Lipinski definition) is 3. The number of carbonyl (C=O) groups excluding carboxylic acids is 1. The molecule has 0 radical (unpaired) electrons. The molecule has 5 nitrogen and oxygen atoms in total. The van der Waals surface area contributed by atoms with E-state index in [-0.39, 0.29) is 16.8 Å². The lowest BCUT2D eigenvalue weighted by Crippen LogP contribution is -2.42. The number of sulfonamides is 1. The van der Waals surface area contributed by atoms with Crippen molar-refractivity contribution in [1.29, 1.82) is 0 Å². The van der Waals surface area contributed by atoms with Gasteiger partial charge in [-0.15, -0.1) is 0 Å². The highest BCUT2D eigenvalue weighted by Gasteiger charge is 2.31. The predicted molar refractivity (Wildman–Crippen MR) is 93.3 cm³/mol. The zero-order chi connectivity index (χ0) is 17.3. The molecule has 2 fully saturated rings. The Labute approximate surface area is 144 Å². The molecule has 1 saturated carbocycles. The van der Waals surface area contributed by atoms with Crippen LogP contribution in [-0.2, 0) is 10.0 Å². The van der Waals surface area contributed by atoms with E-state index in [2.05, 4.69) is 0 Å². The molecule has 0 bridgehead atoms. The van der Waals surface area contributed by atoms with Crippen molar-refractivity contribution < 1.29 is 13.2 Å². The second kappa shape index (κ2) is 6.84. The minimum atomic E-state index is -3.54. The second-order valence-electron chi connectivity index (χ2n) is 7.12. The molecular weight excluding hydrogens is 324 g/mol. The monoisotopic (exact) mass is 350 g/mol. The van der Waals surface area contributed by atoms with Crippen LogP contribution >= 0.6 is 0 Å². The van der Waals surface area contributed by atoms with Crippen LogP contribution in [0.2, 0.25) is 0 Å². The van der Waals surface area contributed by atoms with Crippen molar-refractivity contribution in [2.75, 3.05) is 20.1 Å². The Morgan fingerprint density at radius 2 is 2.00 bits per heavy atom. The molecular formula is C18H26N2O3S. The van der Waals surface area contributed by atoms with Crippen molar-refractivity contribution in [2.45, 2.75) is 50.0 Å². The lowest BCUT2D eigenvalue weighted by molar-refractivity contribution is 0.0788. The first-order chi connectivity index (χ1) is 11.4. The maximum absolute atomic E-state index is 12.9. The Bertz CT molecular complexity index is 713. The van der Waals surface area contributed by atoms with Crippen LogP contribution < -0.4 is 0 Å². The van der Waals surface area contributed by atoms with Crippen LogP contribution in [0.3, 0.4) is 0 Å². The Kier molecular flexibility index (Phi) is 4.97. The number of amides is 1. The summed E-state index contributed by atoms with van der Waals surface area (Å²) in [6, 6.07) is 6.50. The molecule has 1 heterocycles. The summed E-state index contributed by atoms with van der Waals surface area (Å²) in [5, 5.41) is 0. The highest BCUT2D eigenvalue weighted by Crippen LogP contribution is 2.30. The van der Waals surface area contributed by atoms with Crippen molar-refractivity contribution in [3.8, 4) is 0 Å². The first-order valence-corrected chi connectivity index (χ1v) is 10.2. The van der Waals surface area contributed by atoms with Gasteiger partial charge in [-0.2, -0.15) is 4.31 Å². The molecule has 2 aliphatic rings. The molecule has 6 heteroatoms. The van der Waals surface area contributed by atoms with E-state index in [4.69, 9.17) is 0 Å². The average molecular weight is 350 g/mol. The number of hydrogen-bond donors (Lipinski definition) is 0. The number of carbonyl (C=O) groups is 1. The van der Waals surface area contributed by atoms with E-state index in [1.165, 1.54) is 18.9 Å². The molecule has 1 aromatic rings. The summed E-state index contributed by atoms with van der Waals surface area (Å²) >= 11 is 0. The van der Waals surface area contributed by atoms with Gasteiger partial charge < -0.3 is 4.90 Å². The Morgan fingerprint density at radius 3 is 2.67 bits per heavy atom. The van der Waals surface area contributed by atoms with Gasteiger partial charge in [0.2, 0.25) is 10.0 Å². The molecule has 1 unspecified atom stereocenters. The summed E-state index contributed by atoms with van der Waals surface area (Å²) in [5.41, 5.74) is 0.448. The third-order valence-corrected chi connectivity index (χ3v) is 7.01. The van der Waals surface area contributed by atoms with E-state index in [0.29, 0.717) is 18.0 Å². The fraction of sp³-hybridized carbons (Fsp3) is 0.611. The number of nitrogens with zero attached hydrogens (tertiary/aromatic N) is 2. The SMILES string of the molecule is CC1CCCCN1S(=O)(=O)c1cccc(C(=O)N(C)CC2CC2)c1. The normalized spacial score (nSPS) is 22.3. The van der Waals surface area contributed by atoms with Crippen molar-refractivity contribution in [1.82, 2.24) is 9.21 Å². The van der Waals surface area contributed by atoms with Crippen LogP contribution in [0.1, 0.15) is 49.4 Å². The summed E-state index contributed by atoms with van der Waals surface area (Å²) < 4.78 is 27.4. The van der Waals surface area contributed by atoms with Crippen molar-refractivity contribution in [3.63, 3.8) is 0 Å². The van der Waals surface area contributed by atoms with Gasteiger partial charge in [-0.3, -0.25) is 4.79 Å². The molecule has 0 N–H and O–H groups in total. The van der Waals surface area contributed by atoms with E-state index >= 15 is 0 Å². The minimum absolute atomic E-state index is 0.0145. The van der Waals surface area contributed by atoms with E-state index < -0.39 is 10.0 Å². The first-order valence-electron chi connectivity index (χ1n) is 8.77. The van der Waals surface area contributed by atoms with Gasteiger partial charge in [-0.1, -0.05) is 12.5 Å². The molecule has 1 aliphatic heterocycles. The van der Waals surface area contributed by atoms with Gasteiger partial charge in [0, 0.05) is 31.7 Å². The molecule has 0 spiro atoms. The lowest BCUT2D eigenvalue weighted by atomic mass is 10.1. The van der Waals surface area contributed by atoms with Crippen LogP contribution in [0.5, 0.6) is 0 Å². The number of benzene rings is 1. The summed E-state index contributed by atoms with van der Waals surface area (Å²) in [4.78, 5) is 14.5. The highest BCUT2D eigenvalue weighted by molar-refractivity contribution is 7.89. The van der Waals surface area contributed by atoms with Gasteiger partial charge in [0.25, 0.3) is 5.91 Å². The van der Waals surface area contributed by atoms with E-state index in [1.54, 1.807) is 34.5 Å². The summed E-state index contributed by atoms with van der Waals surface area (Å²) in [5.74, 6) is 0.505. The maximum Gasteiger partial charge on any atom is 0.253 e.